The SMILES string of the molecule is CC(C)C(=O)N1CCC(NC(=O)[C@@H]2CNC[C@H]2C)CC1. The summed E-state index contributed by atoms with van der Waals surface area (Å²) in [5, 5.41) is 6.42. The lowest BCUT2D eigenvalue weighted by molar-refractivity contribution is -0.135. The molecule has 2 aliphatic heterocycles. The summed E-state index contributed by atoms with van der Waals surface area (Å²) in [4.78, 5) is 26.0. The van der Waals surface area contributed by atoms with E-state index in [2.05, 4.69) is 17.6 Å². The van der Waals surface area contributed by atoms with E-state index in [1.165, 1.54) is 0 Å². The van der Waals surface area contributed by atoms with Crippen molar-refractivity contribution in [2.45, 2.75) is 39.7 Å². The number of nitrogens with zero attached hydrogens (tertiary/aromatic N) is 1. The van der Waals surface area contributed by atoms with E-state index >= 15 is 0 Å². The number of hydrogen-bond acceptors (Lipinski definition) is 3. The maximum Gasteiger partial charge on any atom is 0.225 e. The second-order valence-electron chi connectivity index (χ2n) is 6.50. The van der Waals surface area contributed by atoms with Gasteiger partial charge in [-0.2, -0.15) is 0 Å². The van der Waals surface area contributed by atoms with Crippen LogP contribution < -0.4 is 10.6 Å². The van der Waals surface area contributed by atoms with Gasteiger partial charge in [0.2, 0.25) is 11.8 Å². The van der Waals surface area contributed by atoms with Gasteiger partial charge < -0.3 is 15.5 Å². The number of likely N-dealkylation sites (tertiary alicyclic amines) is 1. The highest BCUT2D eigenvalue weighted by molar-refractivity contribution is 5.80. The molecule has 0 aromatic carbocycles. The highest BCUT2D eigenvalue weighted by Crippen LogP contribution is 2.18. The minimum Gasteiger partial charge on any atom is -0.353 e. The van der Waals surface area contributed by atoms with Crippen LogP contribution >= 0.6 is 0 Å². The Morgan fingerprint density at radius 2 is 1.85 bits per heavy atom. The summed E-state index contributed by atoms with van der Waals surface area (Å²) in [6.07, 6.45) is 1.75. The summed E-state index contributed by atoms with van der Waals surface area (Å²) in [6, 6.07) is 0.228. The van der Waals surface area contributed by atoms with Crippen LogP contribution in [-0.2, 0) is 9.59 Å². The number of nitrogens with one attached hydrogen (secondary N) is 2. The molecule has 0 spiro atoms. The molecule has 2 saturated heterocycles. The summed E-state index contributed by atoms with van der Waals surface area (Å²) < 4.78 is 0. The van der Waals surface area contributed by atoms with Crippen LogP contribution in [0.1, 0.15) is 33.6 Å². The van der Waals surface area contributed by atoms with Gasteiger partial charge in [-0.3, -0.25) is 9.59 Å². The first-order chi connectivity index (χ1) is 9.49. The van der Waals surface area contributed by atoms with Crippen molar-refractivity contribution in [3.8, 4) is 0 Å². The van der Waals surface area contributed by atoms with Crippen LogP contribution in [0.5, 0.6) is 0 Å². The molecule has 0 unspecified atom stereocenters. The lowest BCUT2D eigenvalue weighted by Crippen LogP contribution is -2.49. The Labute approximate surface area is 121 Å². The summed E-state index contributed by atoms with van der Waals surface area (Å²) >= 11 is 0. The quantitative estimate of drug-likeness (QED) is 0.796. The Morgan fingerprint density at radius 1 is 1.20 bits per heavy atom. The van der Waals surface area contributed by atoms with Gasteiger partial charge in [0, 0.05) is 31.6 Å². The first kappa shape index (κ1) is 15.3. The van der Waals surface area contributed by atoms with E-state index in [4.69, 9.17) is 0 Å². The Hall–Kier alpha value is -1.10. The highest BCUT2D eigenvalue weighted by Gasteiger charge is 2.32. The van der Waals surface area contributed by atoms with Gasteiger partial charge in [-0.05, 0) is 25.3 Å². The lowest BCUT2D eigenvalue weighted by Gasteiger charge is -2.34. The third kappa shape index (κ3) is 3.51. The molecule has 0 bridgehead atoms. The number of rotatable bonds is 3. The van der Waals surface area contributed by atoms with Gasteiger partial charge in [-0.15, -0.1) is 0 Å². The molecule has 2 heterocycles. The summed E-state index contributed by atoms with van der Waals surface area (Å²) in [6.45, 7) is 9.24. The predicted octanol–water partition coefficient (Wildman–Crippen LogP) is 0.605. The van der Waals surface area contributed by atoms with Crippen molar-refractivity contribution in [3.05, 3.63) is 0 Å². The Kier molecular flexibility index (Phi) is 5.02. The smallest absolute Gasteiger partial charge is 0.225 e. The number of carbonyl (C=O) groups is 2. The number of piperidine rings is 1. The van der Waals surface area contributed by atoms with Crippen molar-refractivity contribution in [3.63, 3.8) is 0 Å². The minimum atomic E-state index is 0.0616. The molecular weight excluding hydrogens is 254 g/mol. The van der Waals surface area contributed by atoms with Crippen LogP contribution in [0.4, 0.5) is 0 Å². The average molecular weight is 281 g/mol. The van der Waals surface area contributed by atoms with Crippen LogP contribution in [0, 0.1) is 17.8 Å². The Bertz CT molecular complexity index is 362. The van der Waals surface area contributed by atoms with E-state index in [9.17, 15) is 9.59 Å². The summed E-state index contributed by atoms with van der Waals surface area (Å²) in [7, 11) is 0. The standard InChI is InChI=1S/C15H27N3O2/c1-10(2)15(20)18-6-4-12(5-7-18)17-14(19)13-9-16-8-11(13)3/h10-13,16H,4-9H2,1-3H3,(H,17,19)/t11-,13-/m1/s1. The molecule has 2 aliphatic rings. The number of hydrogen-bond donors (Lipinski definition) is 2. The van der Waals surface area contributed by atoms with Gasteiger partial charge in [-0.25, -0.2) is 0 Å². The van der Waals surface area contributed by atoms with Crippen LogP contribution in [0.2, 0.25) is 0 Å². The van der Waals surface area contributed by atoms with Crippen LogP contribution in [0.25, 0.3) is 0 Å². The van der Waals surface area contributed by atoms with Crippen molar-refractivity contribution in [1.82, 2.24) is 15.5 Å². The maximum absolute atomic E-state index is 12.2. The van der Waals surface area contributed by atoms with E-state index < -0.39 is 0 Å². The zero-order chi connectivity index (χ0) is 14.7. The first-order valence-electron chi connectivity index (χ1n) is 7.79. The molecule has 2 N–H and O–H groups in total. The second-order valence-corrected chi connectivity index (χ2v) is 6.50. The van der Waals surface area contributed by atoms with Crippen LogP contribution in [0.3, 0.4) is 0 Å². The molecule has 0 aromatic heterocycles. The van der Waals surface area contributed by atoms with E-state index in [0.717, 1.165) is 39.0 Å². The zero-order valence-electron chi connectivity index (χ0n) is 12.8. The molecule has 114 valence electrons. The third-order valence-electron chi connectivity index (χ3n) is 4.50. The Morgan fingerprint density at radius 3 is 2.35 bits per heavy atom. The maximum atomic E-state index is 12.2. The normalized spacial score (nSPS) is 27.9. The van der Waals surface area contributed by atoms with Gasteiger partial charge >= 0.3 is 0 Å². The van der Waals surface area contributed by atoms with Gasteiger partial charge in [-0.1, -0.05) is 20.8 Å². The first-order valence-corrected chi connectivity index (χ1v) is 7.79. The molecule has 0 radical (unpaired) electrons. The molecule has 2 atom stereocenters. The fraction of sp³-hybridized carbons (Fsp3) is 0.867. The fourth-order valence-corrected chi connectivity index (χ4v) is 3.08. The van der Waals surface area contributed by atoms with Crippen molar-refractivity contribution in [2.75, 3.05) is 26.2 Å². The molecule has 2 fully saturated rings. The topological polar surface area (TPSA) is 61.4 Å². The van der Waals surface area contributed by atoms with Crippen molar-refractivity contribution in [1.29, 1.82) is 0 Å². The molecular formula is C15H27N3O2. The third-order valence-corrected chi connectivity index (χ3v) is 4.50. The number of amides is 2. The van der Waals surface area contributed by atoms with E-state index in [1.54, 1.807) is 0 Å². The van der Waals surface area contributed by atoms with Crippen LogP contribution in [0.15, 0.2) is 0 Å². The van der Waals surface area contributed by atoms with Gasteiger partial charge in [0.1, 0.15) is 0 Å². The summed E-state index contributed by atoms with van der Waals surface area (Å²) in [5.74, 6) is 0.981. The van der Waals surface area contributed by atoms with E-state index in [1.807, 2.05) is 18.7 Å². The molecule has 0 aliphatic carbocycles. The highest BCUT2D eigenvalue weighted by atomic mass is 16.2. The molecule has 2 rings (SSSR count). The average Bonchev–Trinajstić information content (AvgIpc) is 2.85. The molecule has 20 heavy (non-hydrogen) atoms. The van der Waals surface area contributed by atoms with Crippen molar-refractivity contribution >= 4 is 11.8 Å². The van der Waals surface area contributed by atoms with Crippen molar-refractivity contribution < 1.29 is 9.59 Å². The van der Waals surface area contributed by atoms with Gasteiger partial charge in [0.05, 0.1) is 5.92 Å². The molecule has 5 heteroatoms. The molecule has 2 amide bonds. The van der Waals surface area contributed by atoms with E-state index in [0.29, 0.717) is 5.92 Å². The largest absolute Gasteiger partial charge is 0.353 e. The second kappa shape index (κ2) is 6.57. The molecule has 0 saturated carbocycles. The monoisotopic (exact) mass is 281 g/mol. The van der Waals surface area contributed by atoms with Gasteiger partial charge in [0.15, 0.2) is 0 Å². The van der Waals surface area contributed by atoms with E-state index in [-0.39, 0.29) is 29.7 Å². The number of carbonyl (C=O) groups excluding carboxylic acids is 2. The Balaban J connectivity index is 1.77. The minimum absolute atomic E-state index is 0.0616. The lowest BCUT2D eigenvalue weighted by atomic mass is 9.96. The van der Waals surface area contributed by atoms with Crippen LogP contribution in [-0.4, -0.2) is 48.9 Å². The summed E-state index contributed by atoms with van der Waals surface area (Å²) in [5.41, 5.74) is 0. The van der Waals surface area contributed by atoms with Gasteiger partial charge in [0.25, 0.3) is 0 Å². The van der Waals surface area contributed by atoms with Crippen molar-refractivity contribution in [2.24, 2.45) is 17.8 Å². The predicted molar refractivity (Wildman–Crippen MR) is 78.1 cm³/mol. The zero-order valence-corrected chi connectivity index (χ0v) is 12.8. The molecule has 5 nitrogen and oxygen atoms in total. The fourth-order valence-electron chi connectivity index (χ4n) is 3.08. The molecule has 0 aromatic rings.